The van der Waals surface area contributed by atoms with Crippen molar-refractivity contribution in [1.29, 1.82) is 0 Å². The van der Waals surface area contributed by atoms with Gasteiger partial charge in [0, 0.05) is 5.56 Å². The fraction of sp³-hybridized carbons (Fsp3) is 0. The predicted octanol–water partition coefficient (Wildman–Crippen LogP) is 3.69. The summed E-state index contributed by atoms with van der Waals surface area (Å²) in [6.45, 7) is 0. The van der Waals surface area contributed by atoms with Gasteiger partial charge in [0.15, 0.2) is 0 Å². The first-order valence-electron chi connectivity index (χ1n) is 5.64. The van der Waals surface area contributed by atoms with Crippen LogP contribution in [0, 0.1) is 0 Å². The van der Waals surface area contributed by atoms with E-state index in [1.165, 1.54) is 6.20 Å². The Morgan fingerprint density at radius 2 is 1.90 bits per heavy atom. The SMILES string of the molecule is Nc1ccc(-c2nc(-c3ccc(Cl)c(Cl)c3)no2)nc1. The first-order valence-corrected chi connectivity index (χ1v) is 6.40. The third kappa shape index (κ3) is 2.45. The number of halogens is 2. The molecule has 2 aromatic heterocycles. The summed E-state index contributed by atoms with van der Waals surface area (Å²) in [6.07, 6.45) is 1.53. The minimum atomic E-state index is 0.311. The van der Waals surface area contributed by atoms with Gasteiger partial charge in [-0.05, 0) is 30.3 Å². The van der Waals surface area contributed by atoms with Crippen molar-refractivity contribution >= 4 is 28.9 Å². The van der Waals surface area contributed by atoms with Crippen LogP contribution in [0.5, 0.6) is 0 Å². The van der Waals surface area contributed by atoms with Crippen molar-refractivity contribution in [2.45, 2.75) is 0 Å². The largest absolute Gasteiger partial charge is 0.397 e. The Morgan fingerprint density at radius 1 is 1.05 bits per heavy atom. The lowest BCUT2D eigenvalue weighted by Crippen LogP contribution is -1.88. The molecule has 2 heterocycles. The van der Waals surface area contributed by atoms with Gasteiger partial charge in [-0.15, -0.1) is 0 Å². The van der Waals surface area contributed by atoms with Gasteiger partial charge >= 0.3 is 0 Å². The molecule has 0 radical (unpaired) electrons. The van der Waals surface area contributed by atoms with Crippen LogP contribution in [0.3, 0.4) is 0 Å². The van der Waals surface area contributed by atoms with Crippen LogP contribution >= 0.6 is 23.2 Å². The third-order valence-corrected chi connectivity index (χ3v) is 3.35. The van der Waals surface area contributed by atoms with E-state index in [0.29, 0.717) is 38.7 Å². The van der Waals surface area contributed by atoms with E-state index in [1.807, 2.05) is 0 Å². The number of rotatable bonds is 2. The van der Waals surface area contributed by atoms with Crippen LogP contribution in [-0.4, -0.2) is 15.1 Å². The van der Waals surface area contributed by atoms with Gasteiger partial charge in [-0.1, -0.05) is 28.4 Å². The third-order valence-electron chi connectivity index (χ3n) is 2.61. The Hall–Kier alpha value is -2.11. The molecule has 0 amide bonds. The van der Waals surface area contributed by atoms with E-state index in [-0.39, 0.29) is 0 Å². The molecule has 0 saturated heterocycles. The number of anilines is 1. The molecule has 2 N–H and O–H groups in total. The van der Waals surface area contributed by atoms with E-state index < -0.39 is 0 Å². The van der Waals surface area contributed by atoms with Crippen LogP contribution in [0.4, 0.5) is 5.69 Å². The Kier molecular flexibility index (Phi) is 3.30. The first-order chi connectivity index (χ1) is 9.63. The maximum atomic E-state index is 5.96. The van der Waals surface area contributed by atoms with Gasteiger partial charge in [-0.3, -0.25) is 0 Å². The lowest BCUT2D eigenvalue weighted by Gasteiger charge is -1.97. The summed E-state index contributed by atoms with van der Waals surface area (Å²) >= 11 is 11.8. The van der Waals surface area contributed by atoms with Crippen molar-refractivity contribution < 1.29 is 4.52 Å². The number of pyridine rings is 1. The molecular weight excluding hydrogens is 299 g/mol. The summed E-state index contributed by atoms with van der Waals surface area (Å²) in [5, 5.41) is 4.80. The van der Waals surface area contributed by atoms with Gasteiger partial charge in [0.25, 0.3) is 5.89 Å². The average molecular weight is 307 g/mol. The summed E-state index contributed by atoms with van der Waals surface area (Å²) < 4.78 is 5.17. The minimum absolute atomic E-state index is 0.311. The normalized spacial score (nSPS) is 10.7. The minimum Gasteiger partial charge on any atom is -0.397 e. The standard InChI is InChI=1S/C13H8Cl2N4O/c14-9-3-1-7(5-10(9)15)12-18-13(20-19-12)11-4-2-8(16)6-17-11/h1-6H,16H2. The average Bonchev–Trinajstić information content (AvgIpc) is 2.92. The second kappa shape index (κ2) is 5.11. The van der Waals surface area contributed by atoms with Crippen LogP contribution in [0.2, 0.25) is 10.0 Å². The van der Waals surface area contributed by atoms with Crippen molar-refractivity contribution in [2.75, 3.05) is 5.73 Å². The molecule has 3 rings (SSSR count). The highest BCUT2D eigenvalue weighted by Gasteiger charge is 2.12. The van der Waals surface area contributed by atoms with E-state index in [1.54, 1.807) is 30.3 Å². The Labute approximate surface area is 124 Å². The molecule has 0 atom stereocenters. The lowest BCUT2D eigenvalue weighted by molar-refractivity contribution is 0.431. The van der Waals surface area contributed by atoms with Gasteiger partial charge < -0.3 is 10.3 Å². The van der Waals surface area contributed by atoms with Crippen LogP contribution in [0.25, 0.3) is 23.0 Å². The zero-order chi connectivity index (χ0) is 14.1. The first kappa shape index (κ1) is 12.9. The fourth-order valence-electron chi connectivity index (χ4n) is 1.61. The second-order valence-corrected chi connectivity index (χ2v) is 4.84. The summed E-state index contributed by atoms with van der Waals surface area (Å²) in [6, 6.07) is 8.54. The number of nitrogens with two attached hydrogens (primary N) is 1. The molecule has 20 heavy (non-hydrogen) atoms. The molecule has 3 aromatic rings. The smallest absolute Gasteiger partial charge is 0.276 e. The van der Waals surface area contributed by atoms with Crippen LogP contribution in [0.1, 0.15) is 0 Å². The van der Waals surface area contributed by atoms with Crippen molar-refractivity contribution in [3.05, 3.63) is 46.6 Å². The van der Waals surface area contributed by atoms with Crippen LogP contribution in [0.15, 0.2) is 41.1 Å². The van der Waals surface area contributed by atoms with Gasteiger partial charge in [0.2, 0.25) is 5.82 Å². The van der Waals surface area contributed by atoms with E-state index >= 15 is 0 Å². The molecule has 1 aromatic carbocycles. The zero-order valence-electron chi connectivity index (χ0n) is 10.0. The lowest BCUT2D eigenvalue weighted by atomic mass is 10.2. The van der Waals surface area contributed by atoms with Gasteiger partial charge in [0.1, 0.15) is 5.69 Å². The summed E-state index contributed by atoms with van der Waals surface area (Å²) in [4.78, 5) is 8.39. The van der Waals surface area contributed by atoms with Crippen molar-refractivity contribution in [2.24, 2.45) is 0 Å². The molecule has 0 aliphatic heterocycles. The number of nitrogen functional groups attached to an aromatic ring is 1. The maximum absolute atomic E-state index is 5.96. The van der Waals surface area contributed by atoms with Crippen molar-refractivity contribution in [1.82, 2.24) is 15.1 Å². The van der Waals surface area contributed by atoms with E-state index in [4.69, 9.17) is 33.5 Å². The molecule has 5 nitrogen and oxygen atoms in total. The number of aromatic nitrogens is 3. The quantitative estimate of drug-likeness (QED) is 0.781. The second-order valence-electron chi connectivity index (χ2n) is 4.03. The van der Waals surface area contributed by atoms with E-state index in [9.17, 15) is 0 Å². The molecule has 0 aliphatic carbocycles. The zero-order valence-corrected chi connectivity index (χ0v) is 11.6. The Bertz CT molecular complexity index is 755. The van der Waals surface area contributed by atoms with Gasteiger partial charge in [0.05, 0.1) is 21.9 Å². The summed E-state index contributed by atoms with van der Waals surface area (Å²) in [5.74, 6) is 0.725. The number of hydrogen-bond donors (Lipinski definition) is 1. The highest BCUT2D eigenvalue weighted by Crippen LogP contribution is 2.28. The van der Waals surface area contributed by atoms with Crippen molar-refractivity contribution in [3.63, 3.8) is 0 Å². The Balaban J connectivity index is 1.97. The topological polar surface area (TPSA) is 77.8 Å². The molecule has 0 unspecified atom stereocenters. The maximum Gasteiger partial charge on any atom is 0.276 e. The fourth-order valence-corrected chi connectivity index (χ4v) is 1.91. The molecule has 0 bridgehead atoms. The highest BCUT2D eigenvalue weighted by molar-refractivity contribution is 6.42. The van der Waals surface area contributed by atoms with Crippen LogP contribution in [-0.2, 0) is 0 Å². The monoisotopic (exact) mass is 306 g/mol. The van der Waals surface area contributed by atoms with Gasteiger partial charge in [-0.2, -0.15) is 4.98 Å². The predicted molar refractivity (Wildman–Crippen MR) is 77.4 cm³/mol. The number of hydrogen-bond acceptors (Lipinski definition) is 5. The molecule has 7 heteroatoms. The molecule has 0 saturated carbocycles. The summed E-state index contributed by atoms with van der Waals surface area (Å²) in [7, 11) is 0. The molecule has 100 valence electrons. The number of benzene rings is 1. The molecular formula is C13H8Cl2N4O. The molecule has 0 aliphatic rings. The molecule has 0 spiro atoms. The Morgan fingerprint density at radius 3 is 2.60 bits per heavy atom. The molecule has 0 fully saturated rings. The van der Waals surface area contributed by atoms with Crippen LogP contribution < -0.4 is 5.73 Å². The highest BCUT2D eigenvalue weighted by atomic mass is 35.5. The number of nitrogens with zero attached hydrogens (tertiary/aromatic N) is 3. The summed E-state index contributed by atoms with van der Waals surface area (Å²) in [5.41, 5.74) is 7.41. The van der Waals surface area contributed by atoms with Gasteiger partial charge in [-0.25, -0.2) is 4.98 Å². The van der Waals surface area contributed by atoms with Crippen molar-refractivity contribution in [3.8, 4) is 23.0 Å². The van der Waals surface area contributed by atoms with E-state index in [0.717, 1.165) is 0 Å². The van der Waals surface area contributed by atoms with E-state index in [2.05, 4.69) is 15.1 Å².